The highest BCUT2D eigenvalue weighted by molar-refractivity contribution is 6.74. The second-order valence-corrected chi connectivity index (χ2v) is 20.6. The molecule has 0 saturated carbocycles. The van der Waals surface area contributed by atoms with Crippen LogP contribution in [0.2, 0.25) is 18.1 Å². The van der Waals surface area contributed by atoms with Crippen LogP contribution in [0, 0.1) is 0 Å². The maximum atomic E-state index is 12.7. The van der Waals surface area contributed by atoms with Gasteiger partial charge in [0.05, 0.1) is 13.2 Å². The third kappa shape index (κ3) is 33.9. The van der Waals surface area contributed by atoms with Gasteiger partial charge in [-0.3, -0.25) is 4.79 Å². The lowest BCUT2D eigenvalue weighted by Crippen LogP contribution is -2.44. The minimum absolute atomic E-state index is 0.104. The van der Waals surface area contributed by atoms with Crippen LogP contribution in [0.3, 0.4) is 0 Å². The van der Waals surface area contributed by atoms with Crippen LogP contribution < -0.4 is 0 Å². The molecular formula is C47H84O4Si. The van der Waals surface area contributed by atoms with Crippen molar-refractivity contribution in [3.05, 3.63) is 72.9 Å². The summed E-state index contributed by atoms with van der Waals surface area (Å²) in [6.07, 6.45) is 51.7. The van der Waals surface area contributed by atoms with Crippen molar-refractivity contribution in [2.75, 3.05) is 19.8 Å². The molecule has 0 aliphatic heterocycles. The Morgan fingerprint density at radius 1 is 0.558 bits per heavy atom. The van der Waals surface area contributed by atoms with E-state index in [4.69, 9.17) is 13.9 Å². The first-order valence-electron chi connectivity index (χ1n) is 21.4. The van der Waals surface area contributed by atoms with E-state index in [1.165, 1.54) is 83.5 Å². The molecular weight excluding hydrogens is 657 g/mol. The molecule has 0 aromatic heterocycles. The largest absolute Gasteiger partial charge is 0.457 e. The average molecular weight is 741 g/mol. The highest BCUT2D eigenvalue weighted by atomic mass is 28.4. The van der Waals surface area contributed by atoms with Gasteiger partial charge in [-0.25, -0.2) is 0 Å². The van der Waals surface area contributed by atoms with E-state index < -0.39 is 8.32 Å². The minimum Gasteiger partial charge on any atom is -0.457 e. The molecule has 0 bridgehead atoms. The van der Waals surface area contributed by atoms with Gasteiger partial charge < -0.3 is 13.9 Å². The Bertz CT molecular complexity index is 982. The van der Waals surface area contributed by atoms with Gasteiger partial charge in [-0.1, -0.05) is 191 Å². The predicted molar refractivity (Wildman–Crippen MR) is 232 cm³/mol. The zero-order chi connectivity index (χ0) is 38.4. The molecule has 52 heavy (non-hydrogen) atoms. The fourth-order valence-electron chi connectivity index (χ4n) is 5.33. The second kappa shape index (κ2) is 36.0. The summed E-state index contributed by atoms with van der Waals surface area (Å²) < 4.78 is 18.3. The second-order valence-electron chi connectivity index (χ2n) is 15.8. The van der Waals surface area contributed by atoms with Crippen LogP contribution in [0.1, 0.15) is 176 Å². The van der Waals surface area contributed by atoms with Crippen molar-refractivity contribution in [2.45, 2.75) is 200 Å². The molecule has 0 aromatic carbocycles. The summed E-state index contributed by atoms with van der Waals surface area (Å²) >= 11 is 0. The number of carbonyl (C=O) groups is 1. The summed E-state index contributed by atoms with van der Waals surface area (Å²) in [6, 6.07) is 0. The number of allylic oxidation sites excluding steroid dienone is 12. The first kappa shape index (κ1) is 50.0. The van der Waals surface area contributed by atoms with Gasteiger partial charge in [0.25, 0.3) is 0 Å². The molecule has 0 aromatic rings. The smallest absolute Gasteiger partial charge is 0.306 e. The molecule has 1 atom stereocenters. The van der Waals surface area contributed by atoms with Gasteiger partial charge >= 0.3 is 5.97 Å². The highest BCUT2D eigenvalue weighted by Gasteiger charge is 2.38. The van der Waals surface area contributed by atoms with E-state index in [1.807, 2.05) is 0 Å². The van der Waals surface area contributed by atoms with Crippen LogP contribution in [-0.4, -0.2) is 40.2 Å². The quantitative estimate of drug-likeness (QED) is 0.0281. The molecule has 0 fully saturated rings. The van der Waals surface area contributed by atoms with Crippen molar-refractivity contribution >= 4 is 14.3 Å². The van der Waals surface area contributed by atoms with Gasteiger partial charge in [0, 0.05) is 13.0 Å². The summed E-state index contributed by atoms with van der Waals surface area (Å²) in [5, 5.41) is 0.104. The van der Waals surface area contributed by atoms with Crippen molar-refractivity contribution in [2.24, 2.45) is 0 Å². The normalized spacial score (nSPS) is 13.8. The van der Waals surface area contributed by atoms with Gasteiger partial charge in [0.2, 0.25) is 0 Å². The summed E-state index contributed by atoms with van der Waals surface area (Å²) in [5.41, 5.74) is 0. The number of ether oxygens (including phenoxy) is 2. The maximum absolute atomic E-state index is 12.7. The summed E-state index contributed by atoms with van der Waals surface area (Å²) in [6.45, 7) is 17.1. The van der Waals surface area contributed by atoms with Crippen molar-refractivity contribution in [3.8, 4) is 0 Å². The van der Waals surface area contributed by atoms with E-state index in [1.54, 1.807) is 0 Å². The molecule has 1 unspecified atom stereocenters. The summed E-state index contributed by atoms with van der Waals surface area (Å²) in [5.74, 6) is -0.177. The lowest BCUT2D eigenvalue weighted by molar-refractivity contribution is -0.154. The summed E-state index contributed by atoms with van der Waals surface area (Å²) in [4.78, 5) is 12.7. The Morgan fingerprint density at radius 2 is 0.962 bits per heavy atom. The maximum Gasteiger partial charge on any atom is 0.306 e. The molecule has 0 amide bonds. The number of carbonyl (C=O) groups excluding carboxylic acids is 1. The molecule has 0 aliphatic carbocycles. The molecule has 0 aliphatic rings. The van der Waals surface area contributed by atoms with Crippen LogP contribution in [0.5, 0.6) is 0 Å². The number of hydrogen-bond acceptors (Lipinski definition) is 4. The molecule has 0 N–H and O–H groups in total. The van der Waals surface area contributed by atoms with Gasteiger partial charge in [0.15, 0.2) is 8.32 Å². The zero-order valence-corrected chi connectivity index (χ0v) is 36.3. The highest BCUT2D eigenvalue weighted by Crippen LogP contribution is 2.36. The molecule has 300 valence electrons. The predicted octanol–water partition coefficient (Wildman–Crippen LogP) is 14.9. The number of esters is 1. The SMILES string of the molecule is CC/C=C\C/C=C\C/C=C\C/C=C\C/C=C\C/C=C\CCC(=O)OC(COCCCCCCCCCCCCCCCC)CO[Si](C)(C)C(C)(C)C. The minimum atomic E-state index is -1.95. The number of unbranched alkanes of at least 4 members (excludes halogenated alkanes) is 13. The Kier molecular flexibility index (Phi) is 34.7. The van der Waals surface area contributed by atoms with Gasteiger partial charge in [0.1, 0.15) is 6.10 Å². The van der Waals surface area contributed by atoms with Crippen LogP contribution in [0.15, 0.2) is 72.9 Å². The monoisotopic (exact) mass is 741 g/mol. The van der Waals surface area contributed by atoms with Gasteiger partial charge in [-0.05, 0) is 69.5 Å². The van der Waals surface area contributed by atoms with Crippen LogP contribution in [-0.2, 0) is 18.7 Å². The van der Waals surface area contributed by atoms with Crippen LogP contribution in [0.25, 0.3) is 0 Å². The lowest BCUT2D eigenvalue weighted by atomic mass is 10.0. The van der Waals surface area contributed by atoms with E-state index in [9.17, 15) is 4.79 Å². The number of rotatable bonds is 35. The Labute approximate surface area is 324 Å². The van der Waals surface area contributed by atoms with E-state index in [0.29, 0.717) is 32.7 Å². The first-order chi connectivity index (χ1) is 25.1. The van der Waals surface area contributed by atoms with E-state index in [2.05, 4.69) is 121 Å². The lowest BCUT2D eigenvalue weighted by Gasteiger charge is -2.37. The third-order valence-electron chi connectivity index (χ3n) is 9.79. The summed E-state index contributed by atoms with van der Waals surface area (Å²) in [7, 11) is -1.95. The van der Waals surface area contributed by atoms with E-state index in [-0.39, 0.29) is 17.1 Å². The molecule has 0 spiro atoms. The van der Waals surface area contributed by atoms with Crippen LogP contribution >= 0.6 is 0 Å². The van der Waals surface area contributed by atoms with Gasteiger partial charge in [-0.2, -0.15) is 0 Å². The average Bonchev–Trinajstić information content (AvgIpc) is 3.10. The molecule has 4 nitrogen and oxygen atoms in total. The van der Waals surface area contributed by atoms with Crippen molar-refractivity contribution in [1.29, 1.82) is 0 Å². The van der Waals surface area contributed by atoms with Crippen LogP contribution in [0.4, 0.5) is 0 Å². The van der Waals surface area contributed by atoms with E-state index in [0.717, 1.165) is 44.9 Å². The number of hydrogen-bond donors (Lipinski definition) is 0. The fourth-order valence-corrected chi connectivity index (χ4v) is 6.37. The van der Waals surface area contributed by atoms with Crippen molar-refractivity contribution in [1.82, 2.24) is 0 Å². The molecule has 5 heteroatoms. The molecule has 0 radical (unpaired) electrons. The topological polar surface area (TPSA) is 44.8 Å². The molecule has 0 saturated heterocycles. The first-order valence-corrected chi connectivity index (χ1v) is 24.4. The Morgan fingerprint density at radius 3 is 1.38 bits per heavy atom. The Balaban J connectivity index is 4.24. The Hall–Kier alpha value is -1.95. The standard InChI is InChI=1S/C47H84O4Si/c1-8-10-12-14-16-18-20-22-24-25-26-27-28-29-31-33-35-37-39-41-46(48)51-45(44-50-52(6,7)47(3,4)5)43-49-42-40-38-36-34-32-30-23-21-19-17-15-13-11-9-2/h10,12,16,18,22,24,26-27,29,31,35,37,45H,8-9,11,13-15,17,19-21,23,25,28,30,32-34,36,38-44H2,1-7H3/b12-10-,18-16-,24-22-,27-26-,31-29-,37-35-. The van der Waals surface area contributed by atoms with Gasteiger partial charge in [-0.15, -0.1) is 0 Å². The third-order valence-corrected chi connectivity index (χ3v) is 14.3. The zero-order valence-electron chi connectivity index (χ0n) is 35.3. The molecule has 0 rings (SSSR count). The van der Waals surface area contributed by atoms with Crippen molar-refractivity contribution < 1.29 is 18.7 Å². The van der Waals surface area contributed by atoms with Crippen molar-refractivity contribution in [3.63, 3.8) is 0 Å². The molecule has 0 heterocycles. The van der Waals surface area contributed by atoms with E-state index >= 15 is 0 Å². The fraction of sp³-hybridized carbons (Fsp3) is 0.723.